The van der Waals surface area contributed by atoms with E-state index in [0.29, 0.717) is 0 Å². The molecule has 0 aromatic heterocycles. The van der Waals surface area contributed by atoms with Crippen molar-refractivity contribution in [2.24, 2.45) is 0 Å². The summed E-state index contributed by atoms with van der Waals surface area (Å²) in [5.41, 5.74) is -3.10. The van der Waals surface area contributed by atoms with Crippen molar-refractivity contribution in [3.63, 3.8) is 0 Å². The van der Waals surface area contributed by atoms with Crippen LogP contribution < -0.4 is 0 Å². The molecule has 0 aromatic rings. The molecule has 0 rings (SSSR count). The second kappa shape index (κ2) is 6.61. The maximum Gasteiger partial charge on any atom is 0.460 e. The van der Waals surface area contributed by atoms with Gasteiger partial charge < -0.3 is 0 Å². The molecule has 0 atom stereocenters. The fourth-order valence-corrected chi connectivity index (χ4v) is 1.42. The van der Waals surface area contributed by atoms with Gasteiger partial charge in [-0.3, -0.25) is 4.79 Å². The first kappa shape index (κ1) is 27.2. The van der Waals surface area contributed by atoms with Crippen molar-refractivity contribution in [3.8, 4) is 0 Å². The lowest BCUT2D eigenvalue weighted by molar-refractivity contribution is -0.459. The van der Waals surface area contributed by atoms with Crippen LogP contribution in [0.2, 0.25) is 0 Å². The molecule has 0 bridgehead atoms. The average Bonchev–Trinajstić information content (AvgIpc) is 2.51. The molecular weight excluding hydrogens is 471 g/mol. The smallest absolute Gasteiger partial charge is 0.285 e. The van der Waals surface area contributed by atoms with E-state index in [1.807, 2.05) is 0 Å². The van der Waals surface area contributed by atoms with Crippen LogP contribution in [0, 0.1) is 0 Å². The van der Waals surface area contributed by atoms with Gasteiger partial charge in [-0.05, 0) is 0 Å². The normalized spacial score (nSPS) is 16.0. The van der Waals surface area contributed by atoms with E-state index in [2.05, 4.69) is 0 Å². The summed E-state index contributed by atoms with van der Waals surface area (Å²) >= 11 is 0. The van der Waals surface area contributed by atoms with Crippen molar-refractivity contribution in [1.29, 1.82) is 0 Å². The Morgan fingerprint density at radius 1 is 0.483 bits per heavy atom. The number of halogens is 17. The van der Waals surface area contributed by atoms with Gasteiger partial charge in [0, 0.05) is 0 Å². The molecule has 0 N–H and O–H groups in total. The zero-order chi connectivity index (χ0) is 24.3. The predicted octanol–water partition coefficient (Wildman–Crippen LogP) is 5.66. The Balaban J connectivity index is 6.81. The van der Waals surface area contributed by atoms with Crippen LogP contribution in [0.5, 0.6) is 0 Å². The van der Waals surface area contributed by atoms with Gasteiger partial charge in [0.25, 0.3) is 0 Å². The summed E-state index contributed by atoms with van der Waals surface area (Å²) in [6.07, 6.45) is -8.12. The molecular formula is C11H2F17O. The van der Waals surface area contributed by atoms with E-state index in [0.717, 1.165) is 0 Å². The Morgan fingerprint density at radius 3 is 0.966 bits per heavy atom. The molecule has 171 valence electrons. The van der Waals surface area contributed by atoms with Gasteiger partial charge in [-0.15, -0.1) is 0 Å². The topological polar surface area (TPSA) is 17.1 Å². The lowest BCUT2D eigenvalue weighted by Crippen LogP contribution is -2.74. The molecule has 0 heterocycles. The molecule has 0 aliphatic heterocycles. The molecule has 0 saturated carbocycles. The van der Waals surface area contributed by atoms with E-state index in [1.54, 1.807) is 6.58 Å². The maximum atomic E-state index is 13.2. The van der Waals surface area contributed by atoms with Crippen molar-refractivity contribution in [2.75, 3.05) is 0 Å². The first-order valence-electron chi connectivity index (χ1n) is 6.02. The van der Waals surface area contributed by atoms with Gasteiger partial charge in [0.1, 0.15) is 0 Å². The first-order chi connectivity index (χ1) is 12.2. The summed E-state index contributed by atoms with van der Waals surface area (Å²) < 4.78 is 217. The number of allylic oxidation sites excluding steroid dienone is 1. The Bertz CT molecular complexity index is 655. The fraction of sp³-hybridized carbons (Fsp3) is 0.727. The number of rotatable bonds is 8. The molecule has 0 amide bonds. The van der Waals surface area contributed by atoms with Crippen LogP contribution in [-0.4, -0.2) is 53.9 Å². The summed E-state index contributed by atoms with van der Waals surface area (Å²) in [4.78, 5) is 9.81. The van der Waals surface area contributed by atoms with Crippen LogP contribution in [0.1, 0.15) is 0 Å². The second-order valence-electron chi connectivity index (χ2n) is 5.10. The van der Waals surface area contributed by atoms with Crippen LogP contribution in [0.4, 0.5) is 74.6 Å². The minimum atomic E-state index is -8.70. The van der Waals surface area contributed by atoms with Crippen molar-refractivity contribution in [2.45, 2.75) is 47.6 Å². The van der Waals surface area contributed by atoms with E-state index < -0.39 is 53.2 Å². The molecule has 0 aromatic carbocycles. The van der Waals surface area contributed by atoms with E-state index in [4.69, 9.17) is 0 Å². The molecule has 0 fully saturated rings. The number of hydrogen-bond acceptors (Lipinski definition) is 1. The first-order valence-corrected chi connectivity index (χ1v) is 6.02. The third kappa shape index (κ3) is 3.21. The Kier molecular flexibility index (Phi) is 6.21. The zero-order valence-corrected chi connectivity index (χ0v) is 12.5. The summed E-state index contributed by atoms with van der Waals surface area (Å²) in [5, 5.41) is 0. The summed E-state index contributed by atoms with van der Waals surface area (Å²) in [6, 6.07) is 0. The zero-order valence-electron chi connectivity index (χ0n) is 12.5. The van der Waals surface area contributed by atoms with Crippen LogP contribution in [0.15, 0.2) is 12.2 Å². The SMILES string of the molecule is C=C([C]=O)C(F)(F)C(F)(F)C(F)(F)C(F)(F)C(F)(F)C(F)(F)C(F)(F)C(F)(F)F. The minimum absolute atomic E-state index is 0.309. The monoisotopic (exact) mass is 473 g/mol. The molecule has 1 nitrogen and oxygen atoms in total. The quantitative estimate of drug-likeness (QED) is 0.329. The van der Waals surface area contributed by atoms with E-state index in [1.165, 1.54) is 0 Å². The largest absolute Gasteiger partial charge is 0.460 e. The number of hydrogen-bond donors (Lipinski definition) is 0. The number of carbonyl (C=O) groups excluding carboxylic acids is 1. The molecule has 29 heavy (non-hydrogen) atoms. The van der Waals surface area contributed by atoms with Crippen LogP contribution in [0.3, 0.4) is 0 Å². The maximum absolute atomic E-state index is 13.2. The molecule has 0 spiro atoms. The summed E-state index contributed by atoms with van der Waals surface area (Å²) in [6.45, 7) is 1.65. The molecule has 0 unspecified atom stereocenters. The highest BCUT2D eigenvalue weighted by Gasteiger charge is 2.95. The van der Waals surface area contributed by atoms with Crippen LogP contribution >= 0.6 is 0 Å². The van der Waals surface area contributed by atoms with Crippen LogP contribution in [0.25, 0.3) is 0 Å². The van der Waals surface area contributed by atoms with E-state index in [-0.39, 0.29) is 6.29 Å². The van der Waals surface area contributed by atoms with Gasteiger partial charge >= 0.3 is 47.6 Å². The Morgan fingerprint density at radius 2 is 0.724 bits per heavy atom. The molecule has 1 radical (unpaired) electrons. The van der Waals surface area contributed by atoms with Gasteiger partial charge in [0.05, 0.1) is 5.57 Å². The van der Waals surface area contributed by atoms with Crippen molar-refractivity contribution >= 4 is 6.29 Å². The third-order valence-electron chi connectivity index (χ3n) is 3.22. The molecule has 18 heteroatoms. The van der Waals surface area contributed by atoms with E-state index >= 15 is 0 Å². The highest BCUT2D eigenvalue weighted by molar-refractivity contribution is 5.76. The number of alkyl halides is 17. The van der Waals surface area contributed by atoms with Crippen molar-refractivity contribution < 1.29 is 79.4 Å². The highest BCUT2D eigenvalue weighted by atomic mass is 19.4. The summed E-state index contributed by atoms with van der Waals surface area (Å²) in [7, 11) is 0. The van der Waals surface area contributed by atoms with Gasteiger partial charge in [0.2, 0.25) is 6.29 Å². The third-order valence-corrected chi connectivity index (χ3v) is 3.22. The molecule has 0 aliphatic carbocycles. The Labute approximate surface area is 147 Å². The van der Waals surface area contributed by atoms with E-state index in [9.17, 15) is 79.4 Å². The lowest BCUT2D eigenvalue weighted by atomic mass is 9.87. The van der Waals surface area contributed by atoms with Crippen molar-refractivity contribution in [3.05, 3.63) is 12.2 Å². The minimum Gasteiger partial charge on any atom is -0.285 e. The standard InChI is InChI=1S/C11H2F17O/c1-3(2-29)4(12,13)5(14,15)6(16,17)7(18,19)8(20,21)9(22,23)10(24,25)11(26,27)28/h1H2. The van der Waals surface area contributed by atoms with Crippen molar-refractivity contribution in [1.82, 2.24) is 0 Å². The van der Waals surface area contributed by atoms with Crippen LogP contribution in [-0.2, 0) is 4.79 Å². The van der Waals surface area contributed by atoms with Gasteiger partial charge in [-0.25, -0.2) is 0 Å². The second-order valence-corrected chi connectivity index (χ2v) is 5.10. The van der Waals surface area contributed by atoms with Gasteiger partial charge in [0.15, 0.2) is 0 Å². The molecule has 0 aliphatic rings. The average molecular weight is 473 g/mol. The summed E-state index contributed by atoms with van der Waals surface area (Å²) in [5.74, 6) is -57.4. The predicted molar refractivity (Wildman–Crippen MR) is 55.5 cm³/mol. The fourth-order valence-electron chi connectivity index (χ4n) is 1.42. The Hall–Kier alpha value is -1.78. The molecule has 0 saturated heterocycles. The van der Waals surface area contributed by atoms with Gasteiger partial charge in [-0.2, -0.15) is 74.6 Å². The van der Waals surface area contributed by atoms with Gasteiger partial charge in [-0.1, -0.05) is 6.58 Å². The lowest BCUT2D eigenvalue weighted by Gasteiger charge is -2.42. The highest BCUT2D eigenvalue weighted by Crippen LogP contribution is 2.64.